The lowest BCUT2D eigenvalue weighted by Gasteiger charge is -2.22. The standard InChI is InChI=1S/C20H24F2N6O3/c21-20(22)30-15-2-1-14(11-16(15)31-20)18(29)25-10-9-24-17-5-8-26-19(28-17)27-12-13-3-6-23-7-4-13/h1-2,5,8,11,13,23H,3-4,6-7,9-10,12H2,(H,25,29)(H2,24,26,27,28). The van der Waals surface area contributed by atoms with Gasteiger partial charge in [-0.15, -0.1) is 8.78 Å². The summed E-state index contributed by atoms with van der Waals surface area (Å²) in [4.78, 5) is 20.9. The third-order valence-electron chi connectivity index (χ3n) is 5.04. The van der Waals surface area contributed by atoms with Gasteiger partial charge in [-0.25, -0.2) is 4.98 Å². The predicted molar refractivity (Wildman–Crippen MR) is 110 cm³/mol. The second-order valence-corrected chi connectivity index (χ2v) is 7.35. The van der Waals surface area contributed by atoms with Crippen LogP contribution in [0.25, 0.3) is 0 Å². The molecule has 166 valence electrons. The van der Waals surface area contributed by atoms with Gasteiger partial charge in [0.2, 0.25) is 5.95 Å². The number of ether oxygens (including phenoxy) is 2. The Balaban J connectivity index is 1.21. The van der Waals surface area contributed by atoms with E-state index in [-0.39, 0.29) is 17.1 Å². The summed E-state index contributed by atoms with van der Waals surface area (Å²) < 4.78 is 34.8. The Morgan fingerprint density at radius 1 is 1.13 bits per heavy atom. The fourth-order valence-electron chi connectivity index (χ4n) is 3.42. The molecule has 2 aromatic rings. The van der Waals surface area contributed by atoms with Gasteiger partial charge < -0.3 is 30.7 Å². The molecule has 1 aromatic heterocycles. The molecule has 1 aromatic carbocycles. The largest absolute Gasteiger partial charge is 0.586 e. The first-order valence-electron chi connectivity index (χ1n) is 10.2. The number of carbonyl (C=O) groups is 1. The van der Waals surface area contributed by atoms with Crippen LogP contribution in [0.5, 0.6) is 11.5 Å². The lowest BCUT2D eigenvalue weighted by molar-refractivity contribution is -0.286. The number of hydrogen-bond donors (Lipinski definition) is 4. The normalized spacial score (nSPS) is 17.2. The molecule has 4 rings (SSSR count). The highest BCUT2D eigenvalue weighted by Crippen LogP contribution is 2.41. The summed E-state index contributed by atoms with van der Waals surface area (Å²) in [5, 5.41) is 12.5. The monoisotopic (exact) mass is 434 g/mol. The average Bonchev–Trinajstić information content (AvgIpc) is 3.09. The summed E-state index contributed by atoms with van der Waals surface area (Å²) >= 11 is 0. The quantitative estimate of drug-likeness (QED) is 0.468. The van der Waals surface area contributed by atoms with Gasteiger partial charge in [-0.1, -0.05) is 0 Å². The molecule has 11 heteroatoms. The second-order valence-electron chi connectivity index (χ2n) is 7.35. The van der Waals surface area contributed by atoms with Gasteiger partial charge in [-0.2, -0.15) is 4.98 Å². The minimum absolute atomic E-state index is 0.100. The Hall–Kier alpha value is -3.21. The van der Waals surface area contributed by atoms with Crippen molar-refractivity contribution in [2.45, 2.75) is 19.1 Å². The van der Waals surface area contributed by atoms with Crippen molar-refractivity contribution in [3.05, 3.63) is 36.0 Å². The van der Waals surface area contributed by atoms with Gasteiger partial charge in [0, 0.05) is 31.4 Å². The molecule has 1 amide bonds. The molecule has 0 radical (unpaired) electrons. The zero-order valence-electron chi connectivity index (χ0n) is 16.8. The first-order chi connectivity index (χ1) is 15.0. The number of hydrogen-bond acceptors (Lipinski definition) is 8. The van der Waals surface area contributed by atoms with Crippen LogP contribution in [-0.2, 0) is 0 Å². The summed E-state index contributed by atoms with van der Waals surface area (Å²) in [6.45, 7) is 3.66. The molecule has 3 heterocycles. The number of nitrogens with zero attached hydrogens (tertiary/aromatic N) is 2. The molecule has 2 aliphatic heterocycles. The van der Waals surface area contributed by atoms with Crippen LogP contribution in [-0.4, -0.2) is 54.9 Å². The van der Waals surface area contributed by atoms with Gasteiger partial charge in [-0.3, -0.25) is 4.79 Å². The maximum absolute atomic E-state index is 13.1. The minimum Gasteiger partial charge on any atom is -0.395 e. The van der Waals surface area contributed by atoms with Crippen LogP contribution in [0, 0.1) is 5.92 Å². The SMILES string of the molecule is O=C(NCCNc1ccnc(NCC2CCNCC2)n1)c1ccc2c(c1)OC(F)(F)O2. The number of nitrogens with one attached hydrogen (secondary N) is 4. The van der Waals surface area contributed by atoms with Gasteiger partial charge in [0.25, 0.3) is 5.91 Å². The fraction of sp³-hybridized carbons (Fsp3) is 0.450. The fourth-order valence-corrected chi connectivity index (χ4v) is 3.42. The molecule has 1 fully saturated rings. The van der Waals surface area contributed by atoms with E-state index in [2.05, 4.69) is 40.7 Å². The summed E-state index contributed by atoms with van der Waals surface area (Å²) in [5.41, 5.74) is 0.200. The topological polar surface area (TPSA) is 109 Å². The van der Waals surface area contributed by atoms with E-state index in [1.54, 1.807) is 12.3 Å². The van der Waals surface area contributed by atoms with E-state index in [0.29, 0.717) is 30.8 Å². The predicted octanol–water partition coefficient (Wildman–Crippen LogP) is 2.05. The Kier molecular flexibility index (Phi) is 6.31. The molecule has 0 atom stereocenters. The van der Waals surface area contributed by atoms with E-state index in [9.17, 15) is 13.6 Å². The number of carbonyl (C=O) groups excluding carboxylic acids is 1. The van der Waals surface area contributed by atoms with E-state index < -0.39 is 12.2 Å². The van der Waals surface area contributed by atoms with Gasteiger partial charge in [0.05, 0.1) is 0 Å². The number of alkyl halides is 2. The number of rotatable bonds is 8. The van der Waals surface area contributed by atoms with Crippen LogP contribution >= 0.6 is 0 Å². The molecule has 0 saturated carbocycles. The van der Waals surface area contributed by atoms with Crippen molar-refractivity contribution in [3.63, 3.8) is 0 Å². The minimum atomic E-state index is -3.71. The number of halogens is 2. The van der Waals surface area contributed by atoms with Crippen molar-refractivity contribution >= 4 is 17.7 Å². The lowest BCUT2D eigenvalue weighted by atomic mass is 9.98. The highest BCUT2D eigenvalue weighted by Gasteiger charge is 2.43. The number of aromatic nitrogens is 2. The van der Waals surface area contributed by atoms with Gasteiger partial charge in [-0.05, 0) is 56.1 Å². The van der Waals surface area contributed by atoms with Crippen molar-refractivity contribution in [2.24, 2.45) is 5.92 Å². The number of piperidine rings is 1. The van der Waals surface area contributed by atoms with Crippen molar-refractivity contribution in [1.29, 1.82) is 0 Å². The first-order valence-corrected chi connectivity index (χ1v) is 10.2. The molecule has 9 nitrogen and oxygen atoms in total. The van der Waals surface area contributed by atoms with Crippen molar-refractivity contribution < 1.29 is 23.0 Å². The molecule has 0 unspecified atom stereocenters. The zero-order chi connectivity index (χ0) is 21.7. The highest BCUT2D eigenvalue weighted by molar-refractivity contribution is 5.94. The molecular formula is C20H24F2N6O3. The summed E-state index contributed by atoms with van der Waals surface area (Å²) in [7, 11) is 0. The molecule has 0 spiro atoms. The molecule has 4 N–H and O–H groups in total. The second kappa shape index (κ2) is 9.29. The third kappa shape index (κ3) is 5.69. The Morgan fingerprint density at radius 3 is 2.77 bits per heavy atom. The average molecular weight is 434 g/mol. The number of fused-ring (bicyclic) bond motifs is 1. The van der Waals surface area contributed by atoms with E-state index in [1.165, 1.54) is 18.2 Å². The molecule has 2 aliphatic rings. The van der Waals surface area contributed by atoms with Crippen molar-refractivity contribution in [1.82, 2.24) is 20.6 Å². The maximum atomic E-state index is 13.1. The van der Waals surface area contributed by atoms with Gasteiger partial charge in [0.15, 0.2) is 11.5 Å². The molecule has 1 saturated heterocycles. The molecular weight excluding hydrogens is 410 g/mol. The van der Waals surface area contributed by atoms with Crippen molar-refractivity contribution in [3.8, 4) is 11.5 Å². The van der Waals surface area contributed by atoms with Crippen LogP contribution in [0.1, 0.15) is 23.2 Å². The molecule has 0 aliphatic carbocycles. The van der Waals surface area contributed by atoms with Gasteiger partial charge in [0.1, 0.15) is 5.82 Å². The smallest absolute Gasteiger partial charge is 0.395 e. The van der Waals surface area contributed by atoms with E-state index in [4.69, 9.17) is 0 Å². The number of benzene rings is 1. The molecule has 31 heavy (non-hydrogen) atoms. The van der Waals surface area contributed by atoms with Crippen molar-refractivity contribution in [2.75, 3.05) is 43.4 Å². The van der Waals surface area contributed by atoms with Gasteiger partial charge >= 0.3 is 6.29 Å². The summed E-state index contributed by atoms with van der Waals surface area (Å²) in [5.74, 6) is 1.14. The zero-order valence-corrected chi connectivity index (χ0v) is 16.8. The van der Waals surface area contributed by atoms with Crippen LogP contribution in [0.3, 0.4) is 0 Å². The number of anilines is 2. The summed E-state index contributed by atoms with van der Waals surface area (Å²) in [6, 6.07) is 5.65. The Morgan fingerprint density at radius 2 is 1.94 bits per heavy atom. The summed E-state index contributed by atoms with van der Waals surface area (Å²) in [6.07, 6.45) is 0.230. The molecule has 0 bridgehead atoms. The number of amides is 1. The Bertz CT molecular complexity index is 924. The lowest BCUT2D eigenvalue weighted by Crippen LogP contribution is -2.31. The van der Waals surface area contributed by atoms with Crippen LogP contribution < -0.4 is 30.7 Å². The van der Waals surface area contributed by atoms with Crippen LogP contribution in [0.4, 0.5) is 20.5 Å². The van der Waals surface area contributed by atoms with E-state index >= 15 is 0 Å². The van der Waals surface area contributed by atoms with E-state index in [0.717, 1.165) is 32.5 Å². The highest BCUT2D eigenvalue weighted by atomic mass is 19.3. The Labute approximate surface area is 177 Å². The first kappa shape index (κ1) is 21.0. The van der Waals surface area contributed by atoms with Crippen LogP contribution in [0.2, 0.25) is 0 Å². The van der Waals surface area contributed by atoms with E-state index in [1.807, 2.05) is 0 Å². The maximum Gasteiger partial charge on any atom is 0.586 e. The van der Waals surface area contributed by atoms with Crippen LogP contribution in [0.15, 0.2) is 30.5 Å². The third-order valence-corrected chi connectivity index (χ3v) is 5.04.